The lowest BCUT2D eigenvalue weighted by molar-refractivity contribution is -0.137. The van der Waals surface area contributed by atoms with Crippen molar-refractivity contribution in [3.05, 3.63) is 96.4 Å². The number of H-pyrrole nitrogens is 1. The number of thiazole rings is 1. The van der Waals surface area contributed by atoms with Crippen LogP contribution in [0.3, 0.4) is 0 Å². The highest BCUT2D eigenvalue weighted by Gasteiger charge is 2.70. The third kappa shape index (κ3) is 5.78. The molecule has 8 rings (SSSR count). The summed E-state index contributed by atoms with van der Waals surface area (Å²) in [6.45, 7) is 1.74. The molecule has 4 aromatic rings. The summed E-state index contributed by atoms with van der Waals surface area (Å²) in [5, 5.41) is 3.84. The summed E-state index contributed by atoms with van der Waals surface area (Å²) in [5.74, 6) is -3.74. The lowest BCUT2D eigenvalue weighted by atomic mass is 9.68. The number of thioether (sulfide) groups is 1. The number of aromatic amines is 1. The molecule has 52 heavy (non-hydrogen) atoms. The van der Waals surface area contributed by atoms with E-state index in [9.17, 15) is 32.3 Å². The van der Waals surface area contributed by atoms with Crippen molar-refractivity contribution in [1.82, 2.24) is 4.98 Å². The minimum absolute atomic E-state index is 0.180. The van der Waals surface area contributed by atoms with Gasteiger partial charge >= 0.3 is 11.0 Å². The van der Waals surface area contributed by atoms with Gasteiger partial charge in [0.1, 0.15) is 0 Å². The van der Waals surface area contributed by atoms with Crippen molar-refractivity contribution in [2.45, 2.75) is 35.7 Å². The van der Waals surface area contributed by atoms with Gasteiger partial charge in [-0.25, -0.2) is 4.90 Å². The fourth-order valence-corrected chi connectivity index (χ4v) is 11.7. The molecule has 7 atom stereocenters. The Hall–Kier alpha value is -3.98. The number of hydrogen-bond donors (Lipinski definition) is 2. The Morgan fingerprint density at radius 3 is 2.44 bits per heavy atom. The van der Waals surface area contributed by atoms with Crippen molar-refractivity contribution in [1.29, 1.82) is 0 Å². The van der Waals surface area contributed by atoms with Crippen molar-refractivity contribution in [2.75, 3.05) is 23.4 Å². The first kappa shape index (κ1) is 35.1. The Kier molecular flexibility index (Phi) is 8.87. The van der Waals surface area contributed by atoms with Crippen LogP contribution in [0.25, 0.3) is 0 Å². The molecule has 3 fully saturated rings. The molecule has 4 aliphatic rings. The summed E-state index contributed by atoms with van der Waals surface area (Å²) in [4.78, 5) is 57.7. The van der Waals surface area contributed by atoms with E-state index in [2.05, 4.69) is 10.3 Å². The van der Waals surface area contributed by atoms with Gasteiger partial charge in [-0.05, 0) is 79.1 Å². The molecular weight excluding hydrogens is 762 g/mol. The summed E-state index contributed by atoms with van der Waals surface area (Å²) in [7, 11) is 0. The molecule has 3 amide bonds. The number of ether oxygens (including phenoxy) is 2. The van der Waals surface area contributed by atoms with E-state index in [1.54, 1.807) is 31.2 Å². The standard InChI is InChI=1S/C36H28Cl2F3N3O6S2/c1-2-49-24-11-15(7-10-23(24)50-14-25(45)42-16-8-9-20(37)21(38)12-16)26-27-17-13-18(30(27)51-32-31(26)52-35(48)43-32)29-28(17)33(46)44(34(29)47)22-6-4-3-5-19(22)36(39,40)41/h3-12,17-18,26-30H,2,13-14H2,1H3,(H,42,45)(H,43,48)/t17-,18-,26-,27?,28?,29?,30?/m1/s1. The minimum Gasteiger partial charge on any atom is -0.490 e. The van der Waals surface area contributed by atoms with Crippen LogP contribution in [0.5, 0.6) is 11.5 Å². The summed E-state index contributed by atoms with van der Waals surface area (Å²) in [5.41, 5.74) is -0.260. The first-order valence-electron chi connectivity index (χ1n) is 16.4. The molecule has 16 heteroatoms. The molecule has 2 saturated carbocycles. The third-order valence-corrected chi connectivity index (χ3v) is 13.7. The lowest BCUT2D eigenvalue weighted by Gasteiger charge is -2.43. The Bertz CT molecular complexity index is 2190. The van der Waals surface area contributed by atoms with Crippen LogP contribution in [0.15, 0.2) is 70.5 Å². The number of halogens is 5. The fourth-order valence-electron chi connectivity index (χ4n) is 8.56. The van der Waals surface area contributed by atoms with E-state index in [0.717, 1.165) is 32.7 Å². The molecule has 2 bridgehead atoms. The predicted octanol–water partition coefficient (Wildman–Crippen LogP) is 7.86. The van der Waals surface area contributed by atoms with Crippen LogP contribution in [0, 0.1) is 29.6 Å². The lowest BCUT2D eigenvalue weighted by Crippen LogP contribution is -2.42. The van der Waals surface area contributed by atoms with E-state index in [0.29, 0.717) is 33.7 Å². The average Bonchev–Trinajstić information content (AvgIpc) is 3.84. The van der Waals surface area contributed by atoms with Gasteiger partial charge in [-0.3, -0.25) is 19.2 Å². The van der Waals surface area contributed by atoms with Crippen LogP contribution in [0.1, 0.15) is 35.3 Å². The molecule has 0 spiro atoms. The molecule has 1 saturated heterocycles. The molecule has 2 aliphatic heterocycles. The average molecular weight is 791 g/mol. The SMILES string of the molecule is CCOc1cc([C@H]2c3sc(=O)[nH]c3SC3C2[C@H]2C[C@@H]3C3C(=O)N(c4ccccc4C(F)(F)F)C(=O)C32)ccc1OCC(=O)Nc1ccc(Cl)c(Cl)c1. The van der Waals surface area contributed by atoms with E-state index in [1.807, 2.05) is 6.07 Å². The number of hydrogen-bond acceptors (Lipinski definition) is 8. The normalized spacial score (nSPS) is 25.9. The molecule has 4 unspecified atom stereocenters. The van der Waals surface area contributed by atoms with Crippen LogP contribution < -0.4 is 24.6 Å². The summed E-state index contributed by atoms with van der Waals surface area (Å²) < 4.78 is 53.9. The van der Waals surface area contributed by atoms with Crippen molar-refractivity contribution >= 4 is 75.4 Å². The number of nitrogens with zero attached hydrogens (tertiary/aromatic N) is 1. The highest BCUT2D eigenvalue weighted by molar-refractivity contribution is 8.00. The Morgan fingerprint density at radius 2 is 1.71 bits per heavy atom. The number of imide groups is 1. The van der Waals surface area contributed by atoms with Crippen LogP contribution >= 0.6 is 46.3 Å². The minimum atomic E-state index is -4.76. The number of anilines is 2. The number of amides is 3. The van der Waals surface area contributed by atoms with Gasteiger partial charge in [0.05, 0.1) is 44.8 Å². The van der Waals surface area contributed by atoms with E-state index < -0.39 is 47.0 Å². The van der Waals surface area contributed by atoms with Crippen molar-refractivity contribution in [3.63, 3.8) is 0 Å². The van der Waals surface area contributed by atoms with Gasteiger partial charge in [0.25, 0.3) is 5.91 Å². The summed E-state index contributed by atoms with van der Waals surface area (Å²) in [6.07, 6.45) is -4.20. The number of para-hydroxylation sites is 1. The van der Waals surface area contributed by atoms with Gasteiger partial charge in [0.15, 0.2) is 18.1 Å². The van der Waals surface area contributed by atoms with Gasteiger partial charge in [-0.1, -0.05) is 52.7 Å². The number of nitrogens with one attached hydrogen (secondary N) is 2. The number of carbonyl (C=O) groups excluding carboxylic acids is 3. The maximum atomic E-state index is 14.1. The Morgan fingerprint density at radius 1 is 0.962 bits per heavy atom. The molecule has 2 aliphatic carbocycles. The molecule has 270 valence electrons. The van der Waals surface area contributed by atoms with E-state index >= 15 is 0 Å². The van der Waals surface area contributed by atoms with E-state index in [4.69, 9.17) is 32.7 Å². The molecule has 3 heterocycles. The molecule has 2 N–H and O–H groups in total. The second kappa shape index (κ2) is 13.2. The van der Waals surface area contributed by atoms with Crippen molar-refractivity contribution in [2.24, 2.45) is 29.6 Å². The predicted molar refractivity (Wildman–Crippen MR) is 191 cm³/mol. The number of fused-ring (bicyclic) bond motifs is 9. The second-order valence-electron chi connectivity index (χ2n) is 13.1. The monoisotopic (exact) mass is 789 g/mol. The largest absolute Gasteiger partial charge is 0.490 e. The first-order valence-corrected chi connectivity index (χ1v) is 18.9. The third-order valence-electron chi connectivity index (χ3n) is 10.4. The van der Waals surface area contributed by atoms with Crippen LogP contribution in [0.2, 0.25) is 10.0 Å². The maximum absolute atomic E-state index is 14.1. The highest BCUT2D eigenvalue weighted by Crippen LogP contribution is 2.69. The van der Waals surface area contributed by atoms with E-state index in [1.165, 1.54) is 36.0 Å². The van der Waals surface area contributed by atoms with Crippen molar-refractivity contribution < 1.29 is 37.0 Å². The van der Waals surface area contributed by atoms with Crippen LogP contribution in [0.4, 0.5) is 24.5 Å². The molecule has 1 aromatic heterocycles. The van der Waals surface area contributed by atoms with Gasteiger partial charge in [0.2, 0.25) is 11.8 Å². The first-order chi connectivity index (χ1) is 24.8. The van der Waals surface area contributed by atoms with Gasteiger partial charge in [-0.2, -0.15) is 13.2 Å². The highest BCUT2D eigenvalue weighted by atomic mass is 35.5. The summed E-state index contributed by atoms with van der Waals surface area (Å²) >= 11 is 14.6. The van der Waals surface area contributed by atoms with Crippen LogP contribution in [-0.4, -0.2) is 41.2 Å². The molecular formula is C36H28Cl2F3N3O6S2. The quantitative estimate of drug-likeness (QED) is 0.175. The zero-order valence-corrected chi connectivity index (χ0v) is 30.2. The fraction of sp³-hybridized carbons (Fsp3) is 0.333. The van der Waals surface area contributed by atoms with Gasteiger partial charge in [-0.15, -0.1) is 11.8 Å². The number of alkyl halides is 3. The number of benzene rings is 3. The van der Waals surface area contributed by atoms with E-state index in [-0.39, 0.29) is 52.0 Å². The number of carbonyl (C=O) groups is 3. The van der Waals surface area contributed by atoms with Crippen molar-refractivity contribution in [3.8, 4) is 11.5 Å². The Labute approximate surface area is 312 Å². The number of rotatable bonds is 8. The second-order valence-corrected chi connectivity index (χ2v) is 16.1. The van der Waals surface area contributed by atoms with Gasteiger partial charge < -0.3 is 19.8 Å². The molecule has 3 aromatic carbocycles. The smallest absolute Gasteiger partial charge is 0.418 e. The topological polar surface area (TPSA) is 118 Å². The summed E-state index contributed by atoms with van der Waals surface area (Å²) in [6, 6.07) is 14.7. The zero-order valence-electron chi connectivity index (χ0n) is 27.0. The zero-order chi connectivity index (χ0) is 36.6. The number of aromatic nitrogens is 1. The molecule has 9 nitrogen and oxygen atoms in total. The van der Waals surface area contributed by atoms with Crippen LogP contribution in [-0.2, 0) is 20.6 Å². The molecule has 0 radical (unpaired) electrons. The Balaban J connectivity index is 1.10. The van der Waals surface area contributed by atoms with Gasteiger partial charge in [0, 0.05) is 21.7 Å². The maximum Gasteiger partial charge on any atom is 0.418 e.